The van der Waals surface area contributed by atoms with Crippen molar-refractivity contribution >= 4 is 20.2 Å². The minimum atomic E-state index is 0.00694. The molecule has 2 heterocycles. The second kappa shape index (κ2) is 24.3. The predicted octanol–water partition coefficient (Wildman–Crippen LogP) is 11.8. The van der Waals surface area contributed by atoms with Crippen molar-refractivity contribution in [1.29, 1.82) is 0 Å². The summed E-state index contributed by atoms with van der Waals surface area (Å²) in [6.07, 6.45) is 27.8. The van der Waals surface area contributed by atoms with E-state index in [4.69, 9.17) is 46.4 Å². The summed E-state index contributed by atoms with van der Waals surface area (Å²) in [5.74, 6) is 0. The maximum absolute atomic E-state index is 5.19. The van der Waals surface area contributed by atoms with Gasteiger partial charge in [-0.25, -0.2) is 0 Å². The summed E-state index contributed by atoms with van der Waals surface area (Å²) in [6.45, 7) is 5.47. The van der Waals surface area contributed by atoms with Crippen molar-refractivity contribution in [3.05, 3.63) is 50.4 Å². The van der Waals surface area contributed by atoms with Crippen LogP contribution in [-0.2, 0) is 32.6 Å². The van der Waals surface area contributed by atoms with Crippen LogP contribution in [0.1, 0.15) is 152 Å². The average Bonchev–Trinajstić information content (AvgIpc) is 3.03. The number of hydrogen-bond acceptors (Lipinski definition) is 1. The fourth-order valence-electron chi connectivity index (χ4n) is 7.10. The molecule has 4 rings (SSSR count). The van der Waals surface area contributed by atoms with Crippen molar-refractivity contribution in [2.75, 3.05) is 13.1 Å². The van der Waals surface area contributed by atoms with Crippen LogP contribution in [0.5, 0.6) is 0 Å². The van der Waals surface area contributed by atoms with Crippen LogP contribution in [0.3, 0.4) is 0 Å². The molecule has 1 aromatic rings. The van der Waals surface area contributed by atoms with Crippen LogP contribution in [0.15, 0.2) is 12.1 Å². The van der Waals surface area contributed by atoms with Gasteiger partial charge in [-0.3, -0.25) is 4.98 Å². The first-order valence-corrected chi connectivity index (χ1v) is 21.0. The van der Waals surface area contributed by atoms with Gasteiger partial charge in [-0.15, -0.1) is 13.1 Å². The molecule has 1 aliphatic heterocycles. The molecular weight excluding hydrogens is 616 g/mol. The molecule has 0 radical (unpaired) electrons. The van der Waals surface area contributed by atoms with E-state index in [0.29, 0.717) is 24.2 Å². The first kappa shape index (κ1) is 37.5. The molecule has 8 heteroatoms. The van der Waals surface area contributed by atoms with E-state index >= 15 is 0 Å². The van der Waals surface area contributed by atoms with Crippen molar-refractivity contribution in [3.63, 3.8) is 0 Å². The molecule has 0 saturated heterocycles. The number of rotatable bonds is 13. The molecule has 0 spiro atoms. The molecule has 2 unspecified atom stereocenters. The Labute approximate surface area is 279 Å². The molecule has 0 N–H and O–H groups in total. The molecule has 1 aromatic heterocycles. The Morgan fingerprint density at radius 1 is 0.605 bits per heavy atom. The van der Waals surface area contributed by atoms with Gasteiger partial charge in [0.05, 0.1) is 0 Å². The van der Waals surface area contributed by atoms with Gasteiger partial charge < -0.3 is 21.3 Å². The van der Waals surface area contributed by atoms with E-state index in [1.807, 2.05) is 0 Å². The first-order chi connectivity index (χ1) is 21.2. The van der Waals surface area contributed by atoms with E-state index in [-0.39, 0.29) is 13.1 Å². The van der Waals surface area contributed by atoms with E-state index in [1.54, 1.807) is 0 Å². The second-order valence-electron chi connectivity index (χ2n) is 13.0. The van der Waals surface area contributed by atoms with Crippen LogP contribution in [0.2, 0.25) is 0 Å². The SMILES string of the molecule is CCCCCCCCCCCCCCc1cc2nc(c1)C[N-][C@@H]1CCCC[C@H]1[N-]CC[N-]C1CCCCC1[N-]C2.[Cl][Mn][Cl]. The summed E-state index contributed by atoms with van der Waals surface area (Å²) < 4.78 is 0. The molecule has 3 aliphatic rings. The summed E-state index contributed by atoms with van der Waals surface area (Å²) >= 11 is 0.00694. The Hall–Kier alpha value is 0.0895. The molecule has 4 atom stereocenters. The molecule has 43 heavy (non-hydrogen) atoms. The van der Waals surface area contributed by atoms with Crippen LogP contribution in [0, 0.1) is 0 Å². The van der Waals surface area contributed by atoms with Crippen molar-refractivity contribution < 1.29 is 13.1 Å². The van der Waals surface area contributed by atoms with Crippen molar-refractivity contribution in [1.82, 2.24) is 4.98 Å². The zero-order chi connectivity index (χ0) is 30.4. The number of unbranched alkanes of at least 4 members (excludes halogenated alkanes) is 11. The quantitative estimate of drug-likeness (QED) is 0.152. The van der Waals surface area contributed by atoms with Gasteiger partial charge in [-0.1, -0.05) is 129 Å². The molecule has 249 valence electrons. The maximum atomic E-state index is 5.19. The fraction of sp³-hybridized carbons (Fsp3) is 0.857. The third kappa shape index (κ3) is 16.0. The molecule has 2 aliphatic carbocycles. The molecule has 2 fully saturated rings. The summed E-state index contributed by atoms with van der Waals surface area (Å²) in [5.41, 5.74) is 3.73. The normalized spacial score (nSPS) is 24.9. The molecule has 5 nitrogen and oxygen atoms in total. The van der Waals surface area contributed by atoms with E-state index in [1.165, 1.54) is 134 Å². The topological polar surface area (TPSA) is 69.3 Å². The summed E-state index contributed by atoms with van der Waals surface area (Å²) in [6, 6.07) is 6.16. The summed E-state index contributed by atoms with van der Waals surface area (Å²) in [5, 5.41) is 20.6. The minimum absolute atomic E-state index is 0.00694. The monoisotopic (exact) mass is 674 g/mol. The second-order valence-corrected chi connectivity index (χ2v) is 14.9. The van der Waals surface area contributed by atoms with Crippen LogP contribution >= 0.6 is 20.2 Å². The summed E-state index contributed by atoms with van der Waals surface area (Å²) in [7, 11) is 9.59. The zero-order valence-electron chi connectivity index (χ0n) is 27.0. The van der Waals surface area contributed by atoms with Gasteiger partial charge in [0.2, 0.25) is 0 Å². The third-order valence-electron chi connectivity index (χ3n) is 9.50. The fourth-order valence-corrected chi connectivity index (χ4v) is 7.10. The van der Waals surface area contributed by atoms with E-state index in [2.05, 4.69) is 19.1 Å². The number of fused-ring (bicyclic) bond motifs is 4. The number of hydrogen-bond donors (Lipinski definition) is 0. The Kier molecular flexibility index (Phi) is 21.2. The molecule has 0 amide bonds. The Balaban J connectivity index is 0.00000162. The number of pyridine rings is 1. The van der Waals surface area contributed by atoms with Crippen molar-refractivity contribution in [3.8, 4) is 0 Å². The van der Waals surface area contributed by atoms with E-state index in [9.17, 15) is 0 Å². The third-order valence-corrected chi connectivity index (χ3v) is 9.50. The van der Waals surface area contributed by atoms with Gasteiger partial charge in [0.1, 0.15) is 0 Å². The number of halogens is 2. The Morgan fingerprint density at radius 2 is 0.977 bits per heavy atom. The first-order valence-electron chi connectivity index (χ1n) is 17.8. The molecule has 0 aromatic carbocycles. The average molecular weight is 676 g/mol. The van der Waals surface area contributed by atoms with Gasteiger partial charge in [-0.05, 0) is 30.5 Å². The molecule has 2 bridgehead atoms. The molecular formula is C35H59Cl2MnN5-4. The Morgan fingerprint density at radius 3 is 1.40 bits per heavy atom. The van der Waals surface area contributed by atoms with E-state index in [0.717, 1.165) is 44.0 Å². The van der Waals surface area contributed by atoms with Gasteiger partial charge in [0, 0.05) is 11.4 Å². The van der Waals surface area contributed by atoms with Crippen LogP contribution in [-0.4, -0.2) is 42.2 Å². The van der Waals surface area contributed by atoms with E-state index < -0.39 is 0 Å². The summed E-state index contributed by atoms with van der Waals surface area (Å²) in [4.78, 5) is 5.08. The number of nitrogens with zero attached hydrogens (tertiary/aromatic N) is 5. The van der Waals surface area contributed by atoms with Crippen LogP contribution in [0.4, 0.5) is 0 Å². The van der Waals surface area contributed by atoms with Gasteiger partial charge >= 0.3 is 33.3 Å². The van der Waals surface area contributed by atoms with Crippen molar-refractivity contribution in [2.45, 2.75) is 179 Å². The number of aryl methyl sites for hydroxylation is 1. The number of aromatic nitrogens is 1. The van der Waals surface area contributed by atoms with Crippen molar-refractivity contribution in [2.24, 2.45) is 0 Å². The molecule has 2 saturated carbocycles. The zero-order valence-corrected chi connectivity index (χ0v) is 29.7. The van der Waals surface area contributed by atoms with Gasteiger partial charge in [0.25, 0.3) is 0 Å². The van der Waals surface area contributed by atoms with Crippen LogP contribution in [0.25, 0.3) is 21.3 Å². The van der Waals surface area contributed by atoms with Gasteiger partial charge in [0.15, 0.2) is 0 Å². The van der Waals surface area contributed by atoms with Crippen LogP contribution < -0.4 is 0 Å². The van der Waals surface area contributed by atoms with Gasteiger partial charge in [-0.2, -0.15) is 37.3 Å². The Bertz CT molecular complexity index is 783. The standard InChI is InChI=1S/C35H59N5.2ClH.Mn/c1-2-3-4-5-6-7-8-9-10-11-12-13-18-29-25-30-27-38-34-21-16-14-19-32(34)36-23-24-37-33-20-15-17-22-35(33)39-28-31(26-29)40-30;;;/h25-26,32-35H,2-24,27-28H2,1H3;2*1H;/q-4;;;+2/p-2/t32-,33?,34-,35?;;;/m1.../s1. The predicted molar refractivity (Wildman–Crippen MR) is 183 cm³/mol.